The quantitative estimate of drug-likeness (QED) is 0.913. The molecule has 1 saturated heterocycles. The first-order valence-corrected chi connectivity index (χ1v) is 7.95. The number of pyridine rings is 1. The zero-order valence-electron chi connectivity index (χ0n) is 12.5. The Morgan fingerprint density at radius 2 is 2.00 bits per heavy atom. The standard InChI is InChI=1S/C17H17ClF2N2O/c18-13-2-1-12(14(19)9-13)10-23-15-5-8-22-17(16(15)20)11-3-6-21-7-4-11/h1-2,5,8-9,11,21H,3-4,6-7,10H2. The van der Waals surface area contributed by atoms with Gasteiger partial charge in [-0.3, -0.25) is 4.98 Å². The summed E-state index contributed by atoms with van der Waals surface area (Å²) in [7, 11) is 0. The highest BCUT2D eigenvalue weighted by Crippen LogP contribution is 2.30. The Bertz CT molecular complexity index is 690. The first-order valence-electron chi connectivity index (χ1n) is 7.57. The molecule has 0 spiro atoms. The van der Waals surface area contributed by atoms with Crippen molar-refractivity contribution in [1.82, 2.24) is 10.3 Å². The fourth-order valence-electron chi connectivity index (χ4n) is 2.73. The Labute approximate surface area is 138 Å². The van der Waals surface area contributed by atoms with Gasteiger partial charge in [0.1, 0.15) is 12.4 Å². The third kappa shape index (κ3) is 3.79. The second kappa shape index (κ2) is 7.23. The van der Waals surface area contributed by atoms with Gasteiger partial charge in [-0.25, -0.2) is 8.78 Å². The maximum atomic E-state index is 14.6. The van der Waals surface area contributed by atoms with E-state index in [0.717, 1.165) is 25.9 Å². The lowest BCUT2D eigenvalue weighted by Gasteiger charge is -2.23. The van der Waals surface area contributed by atoms with Crippen molar-refractivity contribution in [3.8, 4) is 5.75 Å². The molecule has 0 radical (unpaired) electrons. The summed E-state index contributed by atoms with van der Waals surface area (Å²) in [5.74, 6) is -0.728. The molecule has 1 aromatic heterocycles. The van der Waals surface area contributed by atoms with Crippen LogP contribution in [0.15, 0.2) is 30.5 Å². The van der Waals surface area contributed by atoms with Gasteiger partial charge in [-0.1, -0.05) is 17.7 Å². The van der Waals surface area contributed by atoms with Gasteiger partial charge in [0.2, 0.25) is 0 Å². The molecular formula is C17H17ClF2N2O. The average Bonchev–Trinajstić information content (AvgIpc) is 2.56. The average molecular weight is 339 g/mol. The lowest BCUT2D eigenvalue weighted by molar-refractivity contribution is 0.281. The second-order valence-corrected chi connectivity index (χ2v) is 5.99. The maximum Gasteiger partial charge on any atom is 0.186 e. The molecule has 3 nitrogen and oxygen atoms in total. The summed E-state index contributed by atoms with van der Waals surface area (Å²) in [6.07, 6.45) is 3.23. The van der Waals surface area contributed by atoms with Crippen LogP contribution in [-0.4, -0.2) is 18.1 Å². The third-order valence-electron chi connectivity index (χ3n) is 4.00. The first kappa shape index (κ1) is 16.1. The Morgan fingerprint density at radius 1 is 1.22 bits per heavy atom. The van der Waals surface area contributed by atoms with Gasteiger partial charge in [-0.15, -0.1) is 0 Å². The number of hydrogen-bond donors (Lipinski definition) is 1. The van der Waals surface area contributed by atoms with E-state index in [1.165, 1.54) is 24.4 Å². The number of piperidine rings is 1. The van der Waals surface area contributed by atoms with Gasteiger partial charge in [0, 0.05) is 28.8 Å². The summed E-state index contributed by atoms with van der Waals surface area (Å²) in [6, 6.07) is 5.79. The summed E-state index contributed by atoms with van der Waals surface area (Å²) in [5, 5.41) is 3.56. The Balaban J connectivity index is 1.75. The number of nitrogens with zero attached hydrogens (tertiary/aromatic N) is 1. The van der Waals surface area contributed by atoms with E-state index in [0.29, 0.717) is 16.3 Å². The topological polar surface area (TPSA) is 34.1 Å². The first-order chi connectivity index (χ1) is 11.1. The second-order valence-electron chi connectivity index (χ2n) is 5.56. The van der Waals surface area contributed by atoms with E-state index < -0.39 is 11.6 Å². The van der Waals surface area contributed by atoms with Crippen LogP contribution >= 0.6 is 11.6 Å². The molecule has 0 unspecified atom stereocenters. The molecule has 1 aromatic carbocycles. The zero-order chi connectivity index (χ0) is 16.2. The molecular weight excluding hydrogens is 322 g/mol. The molecule has 2 heterocycles. The third-order valence-corrected chi connectivity index (χ3v) is 4.24. The number of hydrogen-bond acceptors (Lipinski definition) is 3. The van der Waals surface area contributed by atoms with Crippen LogP contribution in [0.4, 0.5) is 8.78 Å². The van der Waals surface area contributed by atoms with E-state index in [1.54, 1.807) is 6.07 Å². The van der Waals surface area contributed by atoms with Gasteiger partial charge in [-0.2, -0.15) is 0 Å². The summed E-state index contributed by atoms with van der Waals surface area (Å²) in [4.78, 5) is 4.17. The van der Waals surface area contributed by atoms with Crippen LogP contribution in [0.25, 0.3) is 0 Å². The van der Waals surface area contributed by atoms with Crippen molar-refractivity contribution in [3.05, 3.63) is 58.4 Å². The van der Waals surface area contributed by atoms with E-state index in [2.05, 4.69) is 10.3 Å². The maximum absolute atomic E-state index is 14.6. The summed E-state index contributed by atoms with van der Waals surface area (Å²) >= 11 is 5.71. The highest BCUT2D eigenvalue weighted by Gasteiger charge is 2.22. The van der Waals surface area contributed by atoms with Gasteiger partial charge in [0.15, 0.2) is 11.6 Å². The summed E-state index contributed by atoms with van der Waals surface area (Å²) < 4.78 is 33.8. The van der Waals surface area contributed by atoms with E-state index >= 15 is 0 Å². The fourth-order valence-corrected chi connectivity index (χ4v) is 2.89. The molecule has 0 aliphatic carbocycles. The van der Waals surface area contributed by atoms with Crippen LogP contribution in [0, 0.1) is 11.6 Å². The van der Waals surface area contributed by atoms with Crippen molar-refractivity contribution >= 4 is 11.6 Å². The zero-order valence-corrected chi connectivity index (χ0v) is 13.2. The molecule has 23 heavy (non-hydrogen) atoms. The van der Waals surface area contributed by atoms with E-state index in [4.69, 9.17) is 16.3 Å². The number of nitrogens with one attached hydrogen (secondary N) is 1. The van der Waals surface area contributed by atoms with E-state index in [9.17, 15) is 8.78 Å². The Morgan fingerprint density at radius 3 is 2.74 bits per heavy atom. The summed E-state index contributed by atoms with van der Waals surface area (Å²) in [5.41, 5.74) is 0.759. The van der Waals surface area contributed by atoms with E-state index in [-0.39, 0.29) is 18.3 Å². The SMILES string of the molecule is Fc1cc(Cl)ccc1COc1ccnc(C2CCNCC2)c1F. The molecule has 0 amide bonds. The molecule has 3 rings (SSSR count). The molecule has 122 valence electrons. The molecule has 6 heteroatoms. The van der Waals surface area contributed by atoms with Crippen LogP contribution in [0.1, 0.15) is 30.0 Å². The molecule has 1 aliphatic rings. The molecule has 0 atom stereocenters. The van der Waals surface area contributed by atoms with Crippen molar-refractivity contribution in [2.45, 2.75) is 25.4 Å². The Kier molecular flexibility index (Phi) is 5.08. The fraction of sp³-hybridized carbons (Fsp3) is 0.353. The van der Waals surface area contributed by atoms with Gasteiger partial charge in [0.25, 0.3) is 0 Å². The van der Waals surface area contributed by atoms with Gasteiger partial charge < -0.3 is 10.1 Å². The van der Waals surface area contributed by atoms with Crippen molar-refractivity contribution < 1.29 is 13.5 Å². The molecule has 1 fully saturated rings. The lowest BCUT2D eigenvalue weighted by atomic mass is 9.93. The minimum Gasteiger partial charge on any atom is -0.486 e. The highest BCUT2D eigenvalue weighted by atomic mass is 35.5. The van der Waals surface area contributed by atoms with Crippen LogP contribution in [-0.2, 0) is 6.61 Å². The normalized spacial score (nSPS) is 15.6. The van der Waals surface area contributed by atoms with Crippen molar-refractivity contribution in [3.63, 3.8) is 0 Å². The predicted molar refractivity (Wildman–Crippen MR) is 84.8 cm³/mol. The van der Waals surface area contributed by atoms with Gasteiger partial charge in [0.05, 0.1) is 5.69 Å². The van der Waals surface area contributed by atoms with Gasteiger partial charge in [-0.05, 0) is 38.1 Å². The van der Waals surface area contributed by atoms with Crippen LogP contribution in [0.2, 0.25) is 5.02 Å². The number of aromatic nitrogens is 1. The molecule has 0 saturated carbocycles. The smallest absolute Gasteiger partial charge is 0.186 e. The minimum atomic E-state index is -0.467. The monoisotopic (exact) mass is 338 g/mol. The van der Waals surface area contributed by atoms with Crippen LogP contribution in [0.3, 0.4) is 0 Å². The Hall–Kier alpha value is -1.72. The van der Waals surface area contributed by atoms with E-state index in [1.807, 2.05) is 0 Å². The lowest BCUT2D eigenvalue weighted by Crippen LogP contribution is -2.27. The number of ether oxygens (including phenoxy) is 1. The van der Waals surface area contributed by atoms with Crippen molar-refractivity contribution in [2.24, 2.45) is 0 Å². The number of halogens is 3. The molecule has 1 aliphatic heterocycles. The molecule has 2 aromatic rings. The number of rotatable bonds is 4. The van der Waals surface area contributed by atoms with Crippen LogP contribution in [0.5, 0.6) is 5.75 Å². The molecule has 1 N–H and O–H groups in total. The van der Waals surface area contributed by atoms with Crippen LogP contribution < -0.4 is 10.1 Å². The highest BCUT2D eigenvalue weighted by molar-refractivity contribution is 6.30. The summed E-state index contributed by atoms with van der Waals surface area (Å²) in [6.45, 7) is 1.65. The van der Waals surface area contributed by atoms with Gasteiger partial charge >= 0.3 is 0 Å². The van der Waals surface area contributed by atoms with Crippen molar-refractivity contribution in [1.29, 1.82) is 0 Å². The largest absolute Gasteiger partial charge is 0.486 e. The molecule has 0 bridgehead atoms. The number of benzene rings is 1. The predicted octanol–water partition coefficient (Wildman–Crippen LogP) is 4.06. The van der Waals surface area contributed by atoms with Crippen molar-refractivity contribution in [2.75, 3.05) is 13.1 Å². The minimum absolute atomic E-state index is 0.0599.